The van der Waals surface area contributed by atoms with Gasteiger partial charge in [-0.3, -0.25) is 9.59 Å². The van der Waals surface area contributed by atoms with Gasteiger partial charge < -0.3 is 16.4 Å². The third-order valence-electron chi connectivity index (χ3n) is 3.04. The summed E-state index contributed by atoms with van der Waals surface area (Å²) >= 11 is 0. The van der Waals surface area contributed by atoms with Crippen molar-refractivity contribution < 1.29 is 9.59 Å². The minimum absolute atomic E-state index is 0.00511. The summed E-state index contributed by atoms with van der Waals surface area (Å²) in [6.45, 7) is 0.733. The van der Waals surface area contributed by atoms with Crippen molar-refractivity contribution in [2.75, 3.05) is 17.6 Å². The van der Waals surface area contributed by atoms with E-state index >= 15 is 0 Å². The van der Waals surface area contributed by atoms with Crippen LogP contribution < -0.4 is 16.4 Å². The van der Waals surface area contributed by atoms with E-state index in [-0.39, 0.29) is 5.91 Å². The molecule has 20 heavy (non-hydrogen) atoms. The monoisotopic (exact) mass is 277 g/mol. The van der Waals surface area contributed by atoms with E-state index in [1.165, 1.54) is 0 Å². The summed E-state index contributed by atoms with van der Waals surface area (Å²) in [5.41, 5.74) is 7.02. The van der Waals surface area contributed by atoms with Crippen LogP contribution in [0.25, 0.3) is 0 Å². The Labute approximate surface area is 119 Å². The fraction of sp³-hybridized carbons (Fsp3) is 0.467. The SMILES string of the molecule is Nc1ccccc1NC(=O)CCCCCCCNC=O. The molecule has 0 aliphatic rings. The van der Waals surface area contributed by atoms with Crippen LogP contribution in [0.5, 0.6) is 0 Å². The zero-order valence-electron chi connectivity index (χ0n) is 11.7. The molecule has 0 aromatic heterocycles. The lowest BCUT2D eigenvalue weighted by Crippen LogP contribution is -2.12. The second-order valence-corrected chi connectivity index (χ2v) is 4.73. The molecule has 0 radical (unpaired) electrons. The van der Waals surface area contributed by atoms with E-state index in [0.29, 0.717) is 17.8 Å². The summed E-state index contributed by atoms with van der Waals surface area (Å²) in [4.78, 5) is 21.7. The molecule has 2 amide bonds. The third kappa shape index (κ3) is 6.78. The molecule has 4 N–H and O–H groups in total. The molecule has 0 aliphatic carbocycles. The van der Waals surface area contributed by atoms with Crippen LogP contribution in [0, 0.1) is 0 Å². The zero-order chi connectivity index (χ0) is 14.6. The summed E-state index contributed by atoms with van der Waals surface area (Å²) in [5, 5.41) is 5.45. The van der Waals surface area contributed by atoms with Crippen LogP contribution in [-0.4, -0.2) is 18.9 Å². The molecule has 0 fully saturated rings. The Kier molecular flexibility index (Phi) is 7.87. The number of benzene rings is 1. The summed E-state index contributed by atoms with van der Waals surface area (Å²) in [6.07, 6.45) is 6.29. The lowest BCUT2D eigenvalue weighted by Gasteiger charge is -2.07. The van der Waals surface area contributed by atoms with Crippen molar-refractivity contribution in [2.24, 2.45) is 0 Å². The van der Waals surface area contributed by atoms with Crippen LogP contribution in [0.4, 0.5) is 11.4 Å². The van der Waals surface area contributed by atoms with E-state index in [2.05, 4.69) is 10.6 Å². The van der Waals surface area contributed by atoms with Gasteiger partial charge in [0.25, 0.3) is 0 Å². The van der Waals surface area contributed by atoms with Crippen molar-refractivity contribution in [3.63, 3.8) is 0 Å². The Balaban J connectivity index is 2.06. The molecule has 0 aliphatic heterocycles. The molecule has 0 saturated carbocycles. The predicted octanol–water partition coefficient (Wildman–Crippen LogP) is 2.29. The Morgan fingerprint density at radius 1 is 1.10 bits per heavy atom. The lowest BCUT2D eigenvalue weighted by atomic mass is 10.1. The van der Waals surface area contributed by atoms with Crippen molar-refractivity contribution in [1.82, 2.24) is 5.32 Å². The van der Waals surface area contributed by atoms with Crippen LogP contribution >= 0.6 is 0 Å². The minimum Gasteiger partial charge on any atom is -0.397 e. The van der Waals surface area contributed by atoms with E-state index in [4.69, 9.17) is 5.73 Å². The third-order valence-corrected chi connectivity index (χ3v) is 3.04. The highest BCUT2D eigenvalue weighted by atomic mass is 16.1. The highest BCUT2D eigenvalue weighted by molar-refractivity contribution is 5.93. The van der Waals surface area contributed by atoms with Crippen molar-refractivity contribution in [2.45, 2.75) is 38.5 Å². The van der Waals surface area contributed by atoms with Gasteiger partial charge in [-0.1, -0.05) is 31.4 Å². The van der Waals surface area contributed by atoms with E-state index in [1.807, 2.05) is 12.1 Å². The van der Waals surface area contributed by atoms with Crippen LogP contribution in [0.3, 0.4) is 0 Å². The number of hydrogen-bond donors (Lipinski definition) is 3. The summed E-state index contributed by atoms with van der Waals surface area (Å²) in [6, 6.07) is 7.25. The average molecular weight is 277 g/mol. The first-order chi connectivity index (χ1) is 9.74. The first-order valence-corrected chi connectivity index (χ1v) is 7.05. The van der Waals surface area contributed by atoms with Gasteiger partial charge >= 0.3 is 0 Å². The van der Waals surface area contributed by atoms with Crippen LogP contribution in [0.2, 0.25) is 0 Å². The van der Waals surface area contributed by atoms with Gasteiger partial charge in [0, 0.05) is 13.0 Å². The maximum absolute atomic E-state index is 11.7. The Morgan fingerprint density at radius 2 is 1.80 bits per heavy atom. The standard InChI is InChI=1S/C15H23N3O2/c16-13-8-5-6-9-14(13)18-15(20)10-4-2-1-3-7-11-17-12-19/h5-6,8-9,12H,1-4,7,10-11,16H2,(H,17,19)(H,18,20). The van der Waals surface area contributed by atoms with Crippen LogP contribution in [0.1, 0.15) is 38.5 Å². The van der Waals surface area contributed by atoms with Crippen molar-refractivity contribution in [3.8, 4) is 0 Å². The number of carbonyl (C=O) groups excluding carboxylic acids is 2. The second kappa shape index (κ2) is 9.83. The molecule has 1 aromatic rings. The van der Waals surface area contributed by atoms with E-state index in [0.717, 1.165) is 45.1 Å². The van der Waals surface area contributed by atoms with Gasteiger partial charge in [-0.05, 0) is 25.0 Å². The maximum atomic E-state index is 11.7. The normalized spacial score (nSPS) is 10.0. The van der Waals surface area contributed by atoms with Crippen molar-refractivity contribution in [3.05, 3.63) is 24.3 Å². The summed E-state index contributed by atoms with van der Waals surface area (Å²) < 4.78 is 0. The summed E-state index contributed by atoms with van der Waals surface area (Å²) in [7, 11) is 0. The van der Waals surface area contributed by atoms with Gasteiger partial charge in [0.2, 0.25) is 12.3 Å². The summed E-state index contributed by atoms with van der Waals surface area (Å²) in [5.74, 6) is 0.00511. The Bertz CT molecular complexity index is 421. The minimum atomic E-state index is 0.00511. The van der Waals surface area contributed by atoms with Gasteiger partial charge in [0.05, 0.1) is 11.4 Å². The number of hydrogen-bond acceptors (Lipinski definition) is 3. The molecule has 0 spiro atoms. The molecule has 110 valence electrons. The second-order valence-electron chi connectivity index (χ2n) is 4.73. The molecule has 0 unspecified atom stereocenters. The fourth-order valence-corrected chi connectivity index (χ4v) is 1.93. The highest BCUT2D eigenvalue weighted by Crippen LogP contribution is 2.17. The lowest BCUT2D eigenvalue weighted by molar-refractivity contribution is -0.116. The number of amides is 2. The molecular weight excluding hydrogens is 254 g/mol. The maximum Gasteiger partial charge on any atom is 0.224 e. The van der Waals surface area contributed by atoms with Crippen LogP contribution in [-0.2, 0) is 9.59 Å². The van der Waals surface area contributed by atoms with E-state index in [1.54, 1.807) is 12.1 Å². The zero-order valence-corrected chi connectivity index (χ0v) is 11.7. The van der Waals surface area contributed by atoms with E-state index < -0.39 is 0 Å². The van der Waals surface area contributed by atoms with Gasteiger partial charge in [-0.25, -0.2) is 0 Å². The Hall–Kier alpha value is -2.04. The molecule has 0 atom stereocenters. The van der Waals surface area contributed by atoms with Gasteiger partial charge in [0.1, 0.15) is 0 Å². The first-order valence-electron chi connectivity index (χ1n) is 7.05. The van der Waals surface area contributed by atoms with Gasteiger partial charge in [-0.2, -0.15) is 0 Å². The molecule has 0 saturated heterocycles. The number of nitrogens with one attached hydrogen (secondary N) is 2. The number of unbranched alkanes of at least 4 members (excludes halogenated alkanes) is 4. The molecule has 5 nitrogen and oxygen atoms in total. The average Bonchev–Trinajstić information content (AvgIpc) is 2.44. The fourth-order valence-electron chi connectivity index (χ4n) is 1.93. The molecule has 1 rings (SSSR count). The molecule has 5 heteroatoms. The molecule has 1 aromatic carbocycles. The topological polar surface area (TPSA) is 84.2 Å². The number of carbonyl (C=O) groups is 2. The van der Waals surface area contributed by atoms with Gasteiger partial charge in [-0.15, -0.1) is 0 Å². The molecular formula is C15H23N3O2. The molecule has 0 bridgehead atoms. The first kappa shape index (κ1) is 16.0. The number of rotatable bonds is 10. The smallest absolute Gasteiger partial charge is 0.224 e. The van der Waals surface area contributed by atoms with Crippen molar-refractivity contribution >= 4 is 23.7 Å². The quantitative estimate of drug-likeness (QED) is 0.348. The highest BCUT2D eigenvalue weighted by Gasteiger charge is 2.04. The number of nitrogen functional groups attached to an aromatic ring is 1. The number of nitrogens with two attached hydrogens (primary N) is 1. The van der Waals surface area contributed by atoms with Gasteiger partial charge in [0.15, 0.2) is 0 Å². The number of anilines is 2. The number of para-hydroxylation sites is 2. The van der Waals surface area contributed by atoms with Crippen LogP contribution in [0.15, 0.2) is 24.3 Å². The van der Waals surface area contributed by atoms with Crippen molar-refractivity contribution in [1.29, 1.82) is 0 Å². The molecule has 0 heterocycles. The van der Waals surface area contributed by atoms with E-state index in [9.17, 15) is 9.59 Å². The largest absolute Gasteiger partial charge is 0.397 e. The predicted molar refractivity (Wildman–Crippen MR) is 81.3 cm³/mol. The Morgan fingerprint density at radius 3 is 2.55 bits per heavy atom.